The molecule has 17 heavy (non-hydrogen) atoms. The van der Waals surface area contributed by atoms with Crippen LogP contribution in [0.1, 0.15) is 31.4 Å². The summed E-state index contributed by atoms with van der Waals surface area (Å²) in [7, 11) is 0. The highest BCUT2D eigenvalue weighted by molar-refractivity contribution is 5.53. The molecule has 0 radical (unpaired) electrons. The second-order valence-corrected chi connectivity index (χ2v) is 4.89. The van der Waals surface area contributed by atoms with Gasteiger partial charge in [-0.25, -0.2) is 0 Å². The fourth-order valence-electron chi connectivity index (χ4n) is 2.32. The standard InChI is InChI=1S/C13H21N3O/c1-10-3-6-16(7-4-10)13-2-5-15-8-11(13)12(14)9-17/h2,5,8,10,12,17H,3-4,6-7,9,14H2,1H3. The van der Waals surface area contributed by atoms with E-state index < -0.39 is 0 Å². The minimum absolute atomic E-state index is 0.0388. The fourth-order valence-corrected chi connectivity index (χ4v) is 2.32. The lowest BCUT2D eigenvalue weighted by molar-refractivity contribution is 0.267. The number of hydrogen-bond donors (Lipinski definition) is 2. The van der Waals surface area contributed by atoms with Crippen LogP contribution in [-0.2, 0) is 0 Å². The molecular weight excluding hydrogens is 214 g/mol. The van der Waals surface area contributed by atoms with Crippen molar-refractivity contribution in [1.82, 2.24) is 4.98 Å². The number of aliphatic hydroxyl groups excluding tert-OH is 1. The summed E-state index contributed by atoms with van der Waals surface area (Å²) in [4.78, 5) is 6.46. The maximum atomic E-state index is 9.18. The Hall–Kier alpha value is -1.13. The highest BCUT2D eigenvalue weighted by Gasteiger charge is 2.20. The van der Waals surface area contributed by atoms with Gasteiger partial charge in [0.15, 0.2) is 0 Å². The number of piperidine rings is 1. The molecule has 94 valence electrons. The molecule has 0 bridgehead atoms. The van der Waals surface area contributed by atoms with Crippen molar-refractivity contribution in [2.45, 2.75) is 25.8 Å². The predicted octanol–water partition coefficient (Wildman–Crippen LogP) is 1.31. The number of hydrogen-bond acceptors (Lipinski definition) is 4. The third-order valence-electron chi connectivity index (χ3n) is 3.55. The Balaban J connectivity index is 2.19. The molecule has 1 aliphatic heterocycles. The summed E-state index contributed by atoms with van der Waals surface area (Å²) in [6.45, 7) is 4.39. The van der Waals surface area contributed by atoms with Crippen molar-refractivity contribution in [3.63, 3.8) is 0 Å². The summed E-state index contributed by atoms with van der Waals surface area (Å²) in [6.07, 6.45) is 6.00. The van der Waals surface area contributed by atoms with Gasteiger partial charge in [0.1, 0.15) is 0 Å². The molecule has 2 rings (SSSR count). The lowest BCUT2D eigenvalue weighted by Gasteiger charge is -2.34. The fraction of sp³-hybridized carbons (Fsp3) is 0.615. The molecule has 0 aromatic carbocycles. The van der Waals surface area contributed by atoms with E-state index in [0.29, 0.717) is 0 Å². The van der Waals surface area contributed by atoms with Gasteiger partial charge < -0.3 is 15.7 Å². The highest BCUT2D eigenvalue weighted by Crippen LogP contribution is 2.28. The summed E-state index contributed by atoms with van der Waals surface area (Å²) < 4.78 is 0. The van der Waals surface area contributed by atoms with E-state index in [2.05, 4.69) is 16.8 Å². The van der Waals surface area contributed by atoms with Gasteiger partial charge in [0.05, 0.1) is 12.6 Å². The first kappa shape index (κ1) is 12.3. The van der Waals surface area contributed by atoms with Crippen LogP contribution < -0.4 is 10.6 Å². The molecule has 4 heteroatoms. The van der Waals surface area contributed by atoms with E-state index in [1.807, 2.05) is 6.07 Å². The minimum Gasteiger partial charge on any atom is -0.394 e. The van der Waals surface area contributed by atoms with Gasteiger partial charge in [-0.1, -0.05) is 6.92 Å². The van der Waals surface area contributed by atoms with Gasteiger partial charge in [0, 0.05) is 36.7 Å². The molecule has 3 N–H and O–H groups in total. The van der Waals surface area contributed by atoms with Crippen LogP contribution in [-0.4, -0.2) is 29.8 Å². The summed E-state index contributed by atoms with van der Waals surface area (Å²) in [6, 6.07) is 1.67. The van der Waals surface area contributed by atoms with Gasteiger partial charge in [0.2, 0.25) is 0 Å². The molecule has 0 spiro atoms. The normalized spacial score (nSPS) is 19.4. The maximum Gasteiger partial charge on any atom is 0.0625 e. The molecule has 4 nitrogen and oxygen atoms in total. The molecular formula is C13H21N3O. The van der Waals surface area contributed by atoms with Crippen molar-refractivity contribution >= 4 is 5.69 Å². The van der Waals surface area contributed by atoms with Crippen LogP contribution in [0.25, 0.3) is 0 Å². The topological polar surface area (TPSA) is 62.4 Å². The highest BCUT2D eigenvalue weighted by atomic mass is 16.3. The first-order chi connectivity index (χ1) is 8.22. The Labute approximate surface area is 102 Å². The largest absolute Gasteiger partial charge is 0.394 e. The van der Waals surface area contributed by atoms with Crippen molar-refractivity contribution < 1.29 is 5.11 Å². The molecule has 2 heterocycles. The molecule has 1 fully saturated rings. The van der Waals surface area contributed by atoms with Crippen LogP contribution in [0.5, 0.6) is 0 Å². The molecule has 1 unspecified atom stereocenters. The van der Waals surface area contributed by atoms with Crippen LogP contribution in [0.15, 0.2) is 18.5 Å². The molecule has 1 saturated heterocycles. The summed E-state index contributed by atoms with van der Waals surface area (Å²) in [5.74, 6) is 0.808. The van der Waals surface area contributed by atoms with Crippen molar-refractivity contribution in [1.29, 1.82) is 0 Å². The van der Waals surface area contributed by atoms with E-state index in [4.69, 9.17) is 5.73 Å². The third kappa shape index (κ3) is 2.76. The zero-order valence-electron chi connectivity index (χ0n) is 10.3. The summed E-state index contributed by atoms with van der Waals surface area (Å²) >= 11 is 0. The van der Waals surface area contributed by atoms with E-state index in [9.17, 15) is 5.11 Å². The molecule has 1 aliphatic rings. The Morgan fingerprint density at radius 1 is 1.53 bits per heavy atom. The van der Waals surface area contributed by atoms with Gasteiger partial charge in [-0.2, -0.15) is 0 Å². The first-order valence-corrected chi connectivity index (χ1v) is 6.27. The van der Waals surface area contributed by atoms with Crippen molar-refractivity contribution in [2.24, 2.45) is 11.7 Å². The van der Waals surface area contributed by atoms with Gasteiger partial charge in [0.25, 0.3) is 0 Å². The van der Waals surface area contributed by atoms with E-state index in [1.54, 1.807) is 12.4 Å². The average Bonchev–Trinajstić information content (AvgIpc) is 2.39. The van der Waals surface area contributed by atoms with E-state index in [-0.39, 0.29) is 12.6 Å². The Bertz CT molecular complexity index is 361. The Morgan fingerprint density at radius 2 is 2.24 bits per heavy atom. The molecule has 0 aliphatic carbocycles. The Kier molecular flexibility index (Phi) is 3.97. The number of aliphatic hydroxyl groups is 1. The molecule has 1 aromatic rings. The molecule has 1 atom stereocenters. The number of anilines is 1. The number of aromatic nitrogens is 1. The van der Waals surface area contributed by atoms with Crippen LogP contribution in [0.2, 0.25) is 0 Å². The van der Waals surface area contributed by atoms with Crippen LogP contribution in [0.3, 0.4) is 0 Å². The van der Waals surface area contributed by atoms with Crippen molar-refractivity contribution in [2.75, 3.05) is 24.6 Å². The van der Waals surface area contributed by atoms with Crippen LogP contribution in [0, 0.1) is 5.92 Å². The van der Waals surface area contributed by atoms with E-state index >= 15 is 0 Å². The summed E-state index contributed by atoms with van der Waals surface area (Å²) in [5, 5.41) is 9.18. The third-order valence-corrected chi connectivity index (χ3v) is 3.55. The van der Waals surface area contributed by atoms with Gasteiger partial charge in [-0.05, 0) is 24.8 Å². The predicted molar refractivity (Wildman–Crippen MR) is 68.9 cm³/mol. The van der Waals surface area contributed by atoms with Crippen molar-refractivity contribution in [3.05, 3.63) is 24.0 Å². The Morgan fingerprint density at radius 3 is 2.88 bits per heavy atom. The summed E-state index contributed by atoms with van der Waals surface area (Å²) in [5.41, 5.74) is 7.99. The minimum atomic E-state index is -0.335. The quantitative estimate of drug-likeness (QED) is 0.829. The van der Waals surface area contributed by atoms with Gasteiger partial charge >= 0.3 is 0 Å². The molecule has 1 aromatic heterocycles. The number of pyridine rings is 1. The zero-order valence-corrected chi connectivity index (χ0v) is 10.3. The lowest BCUT2D eigenvalue weighted by atomic mass is 9.97. The number of rotatable bonds is 3. The smallest absolute Gasteiger partial charge is 0.0625 e. The number of nitrogens with zero attached hydrogens (tertiary/aromatic N) is 2. The monoisotopic (exact) mass is 235 g/mol. The van der Waals surface area contributed by atoms with Crippen LogP contribution >= 0.6 is 0 Å². The van der Waals surface area contributed by atoms with Crippen molar-refractivity contribution in [3.8, 4) is 0 Å². The second kappa shape index (κ2) is 5.47. The molecule has 0 amide bonds. The first-order valence-electron chi connectivity index (χ1n) is 6.27. The van der Waals surface area contributed by atoms with E-state index in [0.717, 1.165) is 30.3 Å². The van der Waals surface area contributed by atoms with E-state index in [1.165, 1.54) is 12.8 Å². The lowest BCUT2D eigenvalue weighted by Crippen LogP contribution is -2.34. The van der Waals surface area contributed by atoms with Gasteiger partial charge in [-0.15, -0.1) is 0 Å². The SMILES string of the molecule is CC1CCN(c2ccncc2C(N)CO)CC1. The second-order valence-electron chi connectivity index (χ2n) is 4.89. The maximum absolute atomic E-state index is 9.18. The van der Waals surface area contributed by atoms with Crippen LogP contribution in [0.4, 0.5) is 5.69 Å². The number of nitrogens with two attached hydrogens (primary N) is 1. The zero-order chi connectivity index (χ0) is 12.3. The van der Waals surface area contributed by atoms with Gasteiger partial charge in [-0.3, -0.25) is 4.98 Å². The molecule has 0 saturated carbocycles. The average molecular weight is 235 g/mol.